The molecule has 3 aromatic heterocycles. The molecule has 0 aliphatic carbocycles. The first kappa shape index (κ1) is 29.9. The Morgan fingerprint density at radius 1 is 1.09 bits per heavy atom. The van der Waals surface area contributed by atoms with Crippen LogP contribution in [0.3, 0.4) is 0 Å². The van der Waals surface area contributed by atoms with E-state index in [2.05, 4.69) is 32.0 Å². The third kappa shape index (κ3) is 5.73. The number of aromatic nitrogens is 5. The number of benzene rings is 2. The number of fused-ring (bicyclic) bond motifs is 1. The number of anilines is 3. The van der Waals surface area contributed by atoms with E-state index in [4.69, 9.17) is 0 Å². The van der Waals surface area contributed by atoms with Crippen LogP contribution >= 0.6 is 0 Å². The van der Waals surface area contributed by atoms with Crippen LogP contribution in [0.5, 0.6) is 0 Å². The Bertz CT molecular complexity index is 2050. The molecule has 5 aromatic rings. The lowest BCUT2D eigenvalue weighted by atomic mass is 10.0. The van der Waals surface area contributed by atoms with Crippen molar-refractivity contribution in [1.82, 2.24) is 24.5 Å². The van der Waals surface area contributed by atoms with Gasteiger partial charge in [-0.1, -0.05) is 24.3 Å². The molecule has 0 spiro atoms. The molecule has 12 heteroatoms. The summed E-state index contributed by atoms with van der Waals surface area (Å²) < 4.78 is 17.4. The van der Waals surface area contributed by atoms with Crippen molar-refractivity contribution in [2.24, 2.45) is 7.05 Å². The van der Waals surface area contributed by atoms with Gasteiger partial charge in [-0.05, 0) is 61.7 Å². The van der Waals surface area contributed by atoms with Crippen molar-refractivity contribution in [3.63, 3.8) is 0 Å². The number of piperidine rings is 1. The Hall–Kier alpha value is -5.20. The maximum atomic E-state index is 15.1. The molecule has 1 saturated heterocycles. The van der Waals surface area contributed by atoms with E-state index in [1.54, 1.807) is 49.5 Å². The Morgan fingerprint density at radius 2 is 1.87 bits per heavy atom. The Balaban J connectivity index is 1.37. The monoisotopic (exact) mass is 609 g/mol. The molecule has 3 N–H and O–H groups in total. The Morgan fingerprint density at radius 3 is 2.56 bits per heavy atom. The fourth-order valence-electron chi connectivity index (χ4n) is 5.57. The van der Waals surface area contributed by atoms with Gasteiger partial charge in [-0.3, -0.25) is 9.59 Å². The third-order valence-corrected chi connectivity index (χ3v) is 8.05. The molecular weight excluding hydrogens is 577 g/mol. The van der Waals surface area contributed by atoms with Crippen molar-refractivity contribution in [2.45, 2.75) is 32.5 Å². The van der Waals surface area contributed by atoms with E-state index < -0.39 is 23.5 Å². The summed E-state index contributed by atoms with van der Waals surface area (Å²) in [5.41, 5.74) is 2.63. The zero-order valence-electron chi connectivity index (χ0n) is 24.9. The van der Waals surface area contributed by atoms with Gasteiger partial charge in [-0.15, -0.1) is 0 Å². The summed E-state index contributed by atoms with van der Waals surface area (Å²) in [6.45, 7) is 6.58. The van der Waals surface area contributed by atoms with Crippen LogP contribution in [0.4, 0.5) is 21.6 Å². The topological polar surface area (TPSA) is 138 Å². The van der Waals surface area contributed by atoms with Crippen LogP contribution in [0.2, 0.25) is 0 Å². The lowest BCUT2D eigenvalue weighted by Crippen LogP contribution is -2.35. The summed E-state index contributed by atoms with van der Waals surface area (Å²) >= 11 is 0. The van der Waals surface area contributed by atoms with Crippen LogP contribution in [-0.2, 0) is 13.7 Å². The molecule has 11 nitrogen and oxygen atoms in total. The van der Waals surface area contributed by atoms with Gasteiger partial charge < -0.3 is 20.4 Å². The molecule has 0 radical (unpaired) electrons. The van der Waals surface area contributed by atoms with Crippen LogP contribution in [0.15, 0.2) is 77.1 Å². The van der Waals surface area contributed by atoms with E-state index in [0.717, 1.165) is 23.5 Å². The average molecular weight is 610 g/mol. The van der Waals surface area contributed by atoms with Crippen molar-refractivity contribution >= 4 is 33.5 Å². The van der Waals surface area contributed by atoms with Crippen molar-refractivity contribution in [3.05, 3.63) is 105 Å². The van der Waals surface area contributed by atoms with Crippen molar-refractivity contribution in [3.8, 4) is 16.9 Å². The molecule has 1 aliphatic rings. The molecule has 1 fully saturated rings. The van der Waals surface area contributed by atoms with E-state index in [0.29, 0.717) is 52.0 Å². The second-order valence-electron chi connectivity index (χ2n) is 11.1. The second-order valence-corrected chi connectivity index (χ2v) is 11.1. The molecular formula is C33H32FN7O4. The lowest BCUT2D eigenvalue weighted by Gasteiger charge is -2.31. The van der Waals surface area contributed by atoms with E-state index in [9.17, 15) is 19.8 Å². The van der Waals surface area contributed by atoms with Gasteiger partial charge >= 0.3 is 0 Å². The fraction of sp³-hybridized carbons (Fsp3) is 0.242. The van der Waals surface area contributed by atoms with Crippen molar-refractivity contribution in [1.29, 1.82) is 0 Å². The lowest BCUT2D eigenvalue weighted by molar-refractivity contribution is 0.145. The molecule has 0 bridgehead atoms. The molecule has 0 saturated carbocycles. The van der Waals surface area contributed by atoms with Gasteiger partial charge in [-0.25, -0.2) is 14.1 Å². The number of hydrogen-bond donors (Lipinski definition) is 3. The number of pyridine rings is 1. The summed E-state index contributed by atoms with van der Waals surface area (Å²) in [4.78, 5) is 33.2. The summed E-state index contributed by atoms with van der Waals surface area (Å²) in [5.74, 6) is -0.245. The molecule has 6 rings (SSSR count). The van der Waals surface area contributed by atoms with E-state index in [1.807, 2.05) is 6.07 Å². The number of rotatable bonds is 7. The number of aliphatic hydroxyl groups is 2. The first-order valence-corrected chi connectivity index (χ1v) is 14.5. The smallest absolute Gasteiger partial charge is 0.290 e. The first-order chi connectivity index (χ1) is 21.6. The van der Waals surface area contributed by atoms with Crippen LogP contribution in [0.1, 0.15) is 30.9 Å². The largest absolute Gasteiger partial charge is 0.393 e. The van der Waals surface area contributed by atoms with Gasteiger partial charge in [0.15, 0.2) is 0 Å². The highest BCUT2D eigenvalue weighted by Gasteiger charge is 2.20. The maximum absolute atomic E-state index is 15.1. The number of halogens is 1. The van der Waals surface area contributed by atoms with Crippen LogP contribution in [-0.4, -0.2) is 54.0 Å². The Kier molecular flexibility index (Phi) is 8.00. The van der Waals surface area contributed by atoms with E-state index in [-0.39, 0.29) is 22.9 Å². The van der Waals surface area contributed by atoms with E-state index >= 15 is 4.39 Å². The first-order valence-electron chi connectivity index (χ1n) is 14.5. The minimum Gasteiger partial charge on any atom is -0.393 e. The minimum absolute atomic E-state index is 0.132. The van der Waals surface area contributed by atoms with Crippen molar-refractivity contribution in [2.75, 3.05) is 23.3 Å². The van der Waals surface area contributed by atoms with Crippen LogP contribution in [0, 0.1) is 5.82 Å². The van der Waals surface area contributed by atoms with Gasteiger partial charge in [0.05, 0.1) is 47.6 Å². The number of allylic oxidation sites excluding steroid dienone is 1. The zero-order valence-corrected chi connectivity index (χ0v) is 24.9. The number of nitrogens with zero attached hydrogens (tertiary/aromatic N) is 6. The normalized spacial score (nSPS) is 13.8. The minimum atomic E-state index is -0.694. The highest BCUT2D eigenvalue weighted by Crippen LogP contribution is 2.29. The molecule has 2 aromatic carbocycles. The molecule has 0 amide bonds. The molecule has 45 heavy (non-hydrogen) atoms. The summed E-state index contributed by atoms with van der Waals surface area (Å²) in [5, 5.41) is 32.3. The van der Waals surface area contributed by atoms with Crippen LogP contribution < -0.4 is 21.3 Å². The standard InChI is InChI=1S/C33H32FN7O4/c1-19(2)20-13-21-16-36-41(33(45)31(21)26(34)14-20)29-6-4-5-24(25(29)18-42)27-15-28(32(44)39(3)38-27)37-30-8-7-22(17-35-30)40-11-9-23(43)10-12-40/h4-8,13-17,23,42-43H,1,9-12,18H2,2-3H3,(H,35,37). The highest BCUT2D eigenvalue weighted by molar-refractivity contribution is 5.85. The zero-order chi connectivity index (χ0) is 31.8. The molecule has 0 atom stereocenters. The van der Waals surface area contributed by atoms with Gasteiger partial charge in [0.2, 0.25) is 0 Å². The molecule has 0 unspecified atom stereocenters. The fourth-order valence-corrected chi connectivity index (χ4v) is 5.57. The van der Waals surface area contributed by atoms with E-state index in [1.165, 1.54) is 24.0 Å². The van der Waals surface area contributed by atoms with Crippen LogP contribution in [0.25, 0.3) is 33.3 Å². The Labute approximate surface area is 257 Å². The average Bonchev–Trinajstić information content (AvgIpc) is 3.03. The van der Waals surface area contributed by atoms with Gasteiger partial charge in [0, 0.05) is 36.7 Å². The number of aryl methyl sites for hydroxylation is 1. The molecule has 4 heterocycles. The van der Waals surface area contributed by atoms with Gasteiger partial charge in [0.1, 0.15) is 17.3 Å². The summed E-state index contributed by atoms with van der Waals surface area (Å²) in [6.07, 6.45) is 4.25. The predicted molar refractivity (Wildman–Crippen MR) is 171 cm³/mol. The van der Waals surface area contributed by atoms with Crippen molar-refractivity contribution < 1.29 is 14.6 Å². The third-order valence-electron chi connectivity index (χ3n) is 8.05. The highest BCUT2D eigenvalue weighted by atomic mass is 19.1. The SMILES string of the molecule is C=C(C)c1cc(F)c2c(=O)n(-c3cccc(-c4cc(Nc5ccc(N6CCC(O)CC6)cn5)c(=O)n(C)n4)c3CO)ncc2c1. The van der Waals surface area contributed by atoms with Gasteiger partial charge in [0.25, 0.3) is 11.1 Å². The summed E-state index contributed by atoms with van der Waals surface area (Å²) in [7, 11) is 1.51. The number of nitrogens with one attached hydrogen (secondary N) is 1. The second kappa shape index (κ2) is 12.1. The molecule has 230 valence electrons. The quantitative estimate of drug-likeness (QED) is 0.251. The number of hydrogen-bond acceptors (Lipinski definition) is 9. The summed E-state index contributed by atoms with van der Waals surface area (Å²) in [6, 6.07) is 13.1. The predicted octanol–water partition coefficient (Wildman–Crippen LogP) is 3.91. The number of aliphatic hydroxyl groups excluding tert-OH is 2. The maximum Gasteiger partial charge on any atom is 0.290 e. The van der Waals surface area contributed by atoms with Gasteiger partial charge in [-0.2, -0.15) is 14.9 Å². The molecule has 1 aliphatic heterocycles.